The molecule has 0 amide bonds. The number of ether oxygens (including phenoxy) is 1. The fraction of sp³-hybridized carbons (Fsp3) is 0.200. The van der Waals surface area contributed by atoms with Crippen LogP contribution in [-0.2, 0) is 6.61 Å². The summed E-state index contributed by atoms with van der Waals surface area (Å²) in [5.41, 5.74) is 7.34. The van der Waals surface area contributed by atoms with Gasteiger partial charge in [0.05, 0.1) is 0 Å². The Morgan fingerprint density at radius 1 is 1.11 bits per heavy atom. The molecule has 0 aliphatic carbocycles. The van der Waals surface area contributed by atoms with E-state index in [1.54, 1.807) is 12.1 Å². The Hall–Kier alpha value is -2.07. The summed E-state index contributed by atoms with van der Waals surface area (Å²) in [5, 5.41) is 3.19. The van der Waals surface area contributed by atoms with Gasteiger partial charge in [0.2, 0.25) is 0 Å². The van der Waals surface area contributed by atoms with Crippen molar-refractivity contribution in [2.75, 3.05) is 18.4 Å². The molecule has 0 radical (unpaired) electrons. The second-order valence-electron chi connectivity index (χ2n) is 4.16. The molecule has 19 heavy (non-hydrogen) atoms. The second-order valence-corrected chi connectivity index (χ2v) is 4.16. The minimum Gasteiger partial charge on any atom is -0.489 e. The first-order valence-corrected chi connectivity index (χ1v) is 6.19. The maximum atomic E-state index is 12.8. The first-order valence-electron chi connectivity index (χ1n) is 6.19. The summed E-state index contributed by atoms with van der Waals surface area (Å²) < 4.78 is 18.4. The molecule has 2 aromatic rings. The van der Waals surface area contributed by atoms with Gasteiger partial charge in [0.1, 0.15) is 18.2 Å². The van der Waals surface area contributed by atoms with E-state index < -0.39 is 0 Å². The van der Waals surface area contributed by atoms with Crippen molar-refractivity contribution in [2.45, 2.75) is 6.61 Å². The van der Waals surface area contributed by atoms with Crippen LogP contribution in [0.25, 0.3) is 0 Å². The third-order valence-corrected chi connectivity index (χ3v) is 2.63. The molecule has 0 fully saturated rings. The maximum Gasteiger partial charge on any atom is 0.123 e. The largest absolute Gasteiger partial charge is 0.489 e. The lowest BCUT2D eigenvalue weighted by Gasteiger charge is -2.09. The van der Waals surface area contributed by atoms with E-state index in [0.29, 0.717) is 13.2 Å². The Labute approximate surface area is 112 Å². The molecule has 3 nitrogen and oxygen atoms in total. The molecule has 0 unspecified atom stereocenters. The van der Waals surface area contributed by atoms with E-state index >= 15 is 0 Å². The van der Waals surface area contributed by atoms with Crippen LogP contribution >= 0.6 is 0 Å². The van der Waals surface area contributed by atoms with E-state index in [-0.39, 0.29) is 5.82 Å². The topological polar surface area (TPSA) is 47.3 Å². The normalized spacial score (nSPS) is 10.2. The van der Waals surface area contributed by atoms with Crippen LogP contribution in [0.15, 0.2) is 48.5 Å². The zero-order chi connectivity index (χ0) is 13.5. The van der Waals surface area contributed by atoms with Crippen molar-refractivity contribution < 1.29 is 9.13 Å². The summed E-state index contributed by atoms with van der Waals surface area (Å²) in [6.45, 7) is 1.72. The van der Waals surface area contributed by atoms with Gasteiger partial charge in [-0.3, -0.25) is 0 Å². The van der Waals surface area contributed by atoms with Crippen molar-refractivity contribution in [3.63, 3.8) is 0 Å². The Balaban J connectivity index is 1.93. The first-order chi connectivity index (χ1) is 9.28. The first kappa shape index (κ1) is 13.4. The summed E-state index contributed by atoms with van der Waals surface area (Å²) in [6, 6.07) is 14.0. The Kier molecular flexibility index (Phi) is 4.75. The van der Waals surface area contributed by atoms with Gasteiger partial charge in [-0.15, -0.1) is 0 Å². The van der Waals surface area contributed by atoms with Crippen molar-refractivity contribution in [2.24, 2.45) is 5.73 Å². The number of benzene rings is 2. The van der Waals surface area contributed by atoms with Gasteiger partial charge in [-0.2, -0.15) is 0 Å². The van der Waals surface area contributed by atoms with Crippen LogP contribution in [0.4, 0.5) is 10.1 Å². The average molecular weight is 260 g/mol. The van der Waals surface area contributed by atoms with E-state index in [2.05, 4.69) is 5.32 Å². The van der Waals surface area contributed by atoms with Crippen molar-refractivity contribution in [3.8, 4) is 5.75 Å². The van der Waals surface area contributed by atoms with E-state index in [4.69, 9.17) is 10.5 Å². The number of anilines is 1. The van der Waals surface area contributed by atoms with Crippen molar-refractivity contribution in [3.05, 3.63) is 59.9 Å². The third-order valence-electron chi connectivity index (χ3n) is 2.63. The summed E-state index contributed by atoms with van der Waals surface area (Å²) in [6.07, 6.45) is 0. The van der Waals surface area contributed by atoms with E-state index in [9.17, 15) is 4.39 Å². The Morgan fingerprint density at radius 3 is 2.63 bits per heavy atom. The lowest BCUT2D eigenvalue weighted by atomic mass is 10.2. The summed E-state index contributed by atoms with van der Waals surface area (Å²) >= 11 is 0. The zero-order valence-electron chi connectivity index (χ0n) is 10.6. The number of rotatable bonds is 6. The zero-order valence-corrected chi connectivity index (χ0v) is 10.6. The van der Waals surface area contributed by atoms with E-state index in [1.807, 2.05) is 24.3 Å². The van der Waals surface area contributed by atoms with Crippen molar-refractivity contribution >= 4 is 5.69 Å². The van der Waals surface area contributed by atoms with Gasteiger partial charge in [-0.1, -0.05) is 18.2 Å². The van der Waals surface area contributed by atoms with Gasteiger partial charge in [0.15, 0.2) is 0 Å². The Bertz CT molecular complexity index is 514. The van der Waals surface area contributed by atoms with Gasteiger partial charge in [0, 0.05) is 24.8 Å². The van der Waals surface area contributed by atoms with Gasteiger partial charge in [-0.05, 0) is 29.8 Å². The highest BCUT2D eigenvalue weighted by Crippen LogP contribution is 2.18. The minimum atomic E-state index is -0.239. The summed E-state index contributed by atoms with van der Waals surface area (Å²) in [5.74, 6) is 0.531. The number of nitrogens with two attached hydrogens (primary N) is 1. The highest BCUT2D eigenvalue weighted by atomic mass is 19.1. The second kappa shape index (κ2) is 6.75. The molecule has 0 atom stereocenters. The van der Waals surface area contributed by atoms with Gasteiger partial charge in [0.25, 0.3) is 0 Å². The maximum absolute atomic E-state index is 12.8. The molecule has 2 aromatic carbocycles. The number of nitrogens with one attached hydrogen (secondary N) is 1. The summed E-state index contributed by atoms with van der Waals surface area (Å²) in [4.78, 5) is 0. The molecule has 4 heteroatoms. The highest BCUT2D eigenvalue weighted by molar-refractivity contribution is 5.48. The number of hydrogen-bond donors (Lipinski definition) is 2. The lowest BCUT2D eigenvalue weighted by molar-refractivity contribution is 0.306. The van der Waals surface area contributed by atoms with Crippen LogP contribution < -0.4 is 15.8 Å². The molecule has 0 aromatic heterocycles. The quantitative estimate of drug-likeness (QED) is 0.839. The van der Waals surface area contributed by atoms with E-state index in [1.165, 1.54) is 12.1 Å². The average Bonchev–Trinajstić information content (AvgIpc) is 2.45. The molecule has 0 saturated heterocycles. The monoisotopic (exact) mass is 260 g/mol. The van der Waals surface area contributed by atoms with E-state index in [0.717, 1.165) is 23.5 Å². The van der Waals surface area contributed by atoms with Gasteiger partial charge in [-0.25, -0.2) is 4.39 Å². The summed E-state index contributed by atoms with van der Waals surface area (Å²) in [7, 11) is 0. The molecule has 0 aliphatic heterocycles. The fourth-order valence-electron chi connectivity index (χ4n) is 1.66. The predicted octanol–water partition coefficient (Wildman–Crippen LogP) is 2.78. The molecule has 0 saturated carbocycles. The Morgan fingerprint density at radius 2 is 1.89 bits per heavy atom. The molecular formula is C15H17FN2O. The lowest BCUT2D eigenvalue weighted by Crippen LogP contribution is -2.12. The van der Waals surface area contributed by atoms with Gasteiger partial charge < -0.3 is 15.8 Å². The number of halogens is 1. The van der Waals surface area contributed by atoms with Crippen molar-refractivity contribution in [1.82, 2.24) is 0 Å². The smallest absolute Gasteiger partial charge is 0.123 e. The molecule has 0 bridgehead atoms. The van der Waals surface area contributed by atoms with Crippen LogP contribution in [0.1, 0.15) is 5.56 Å². The third kappa shape index (κ3) is 4.26. The molecule has 100 valence electrons. The SMILES string of the molecule is NCCNc1cccc(OCc2ccc(F)cc2)c1. The molecule has 3 N–H and O–H groups in total. The van der Waals surface area contributed by atoms with Crippen molar-refractivity contribution in [1.29, 1.82) is 0 Å². The molecule has 0 spiro atoms. The predicted molar refractivity (Wildman–Crippen MR) is 74.7 cm³/mol. The molecule has 0 heterocycles. The molecular weight excluding hydrogens is 243 g/mol. The standard InChI is InChI=1S/C15H17FN2O/c16-13-6-4-12(5-7-13)11-19-15-3-1-2-14(10-15)18-9-8-17/h1-7,10,18H,8-9,11,17H2. The molecule has 2 rings (SSSR count). The number of hydrogen-bond acceptors (Lipinski definition) is 3. The fourth-order valence-corrected chi connectivity index (χ4v) is 1.66. The van der Waals surface area contributed by atoms with Crippen LogP contribution in [0.2, 0.25) is 0 Å². The van der Waals surface area contributed by atoms with Crippen LogP contribution in [-0.4, -0.2) is 13.1 Å². The van der Waals surface area contributed by atoms with Crippen LogP contribution in [0, 0.1) is 5.82 Å². The highest BCUT2D eigenvalue weighted by Gasteiger charge is 1.98. The molecule has 0 aliphatic rings. The van der Waals surface area contributed by atoms with Crippen LogP contribution in [0.3, 0.4) is 0 Å². The minimum absolute atomic E-state index is 0.239. The van der Waals surface area contributed by atoms with Gasteiger partial charge >= 0.3 is 0 Å². The van der Waals surface area contributed by atoms with Crippen LogP contribution in [0.5, 0.6) is 5.75 Å².